The molecular weight excluding hydrogens is 314 g/mol. The second-order valence-electron chi connectivity index (χ2n) is 6.29. The molecular formula is C17H23NO4S. The molecule has 1 aromatic heterocycles. The molecule has 0 aliphatic heterocycles. The van der Waals surface area contributed by atoms with Crippen LogP contribution in [-0.2, 0) is 14.6 Å². The maximum atomic E-state index is 12.3. The lowest BCUT2D eigenvalue weighted by atomic mass is 9.98. The summed E-state index contributed by atoms with van der Waals surface area (Å²) in [6, 6.07) is 7.30. The zero-order valence-electron chi connectivity index (χ0n) is 14.1. The molecule has 0 saturated carbocycles. The molecule has 23 heavy (non-hydrogen) atoms. The molecule has 2 atom stereocenters. The molecule has 1 heterocycles. The van der Waals surface area contributed by atoms with Gasteiger partial charge in [-0.3, -0.25) is 4.79 Å². The highest BCUT2D eigenvalue weighted by molar-refractivity contribution is 7.92. The number of fused-ring (bicyclic) bond motifs is 1. The van der Waals surface area contributed by atoms with Crippen molar-refractivity contribution in [2.45, 2.75) is 39.0 Å². The Morgan fingerprint density at radius 3 is 2.30 bits per heavy atom. The van der Waals surface area contributed by atoms with Crippen LogP contribution in [-0.4, -0.2) is 25.8 Å². The molecule has 1 N–H and O–H groups in total. The Morgan fingerprint density at radius 1 is 1.17 bits per heavy atom. The van der Waals surface area contributed by atoms with E-state index in [4.69, 9.17) is 4.42 Å². The number of rotatable bonds is 5. The normalized spacial score (nSPS) is 14.9. The van der Waals surface area contributed by atoms with Crippen LogP contribution in [0, 0.1) is 12.8 Å². The molecule has 5 nitrogen and oxygen atoms in total. The lowest BCUT2D eigenvalue weighted by Crippen LogP contribution is -2.41. The van der Waals surface area contributed by atoms with Gasteiger partial charge in [0.15, 0.2) is 9.84 Å². The molecule has 0 saturated heterocycles. The molecule has 0 aliphatic rings. The van der Waals surface area contributed by atoms with Crippen LogP contribution < -0.4 is 5.32 Å². The number of hydrogen-bond acceptors (Lipinski definition) is 4. The minimum absolute atomic E-state index is 0.0602. The molecule has 0 unspecified atom stereocenters. The number of carbonyl (C=O) groups excluding carboxylic acids is 1. The Bertz CT molecular complexity index is 820. The Hall–Kier alpha value is -1.82. The number of benzene rings is 1. The minimum atomic E-state index is -3.43. The molecule has 2 aromatic rings. The molecule has 0 radical (unpaired) electrons. The summed E-state index contributed by atoms with van der Waals surface area (Å²) in [4.78, 5) is 12.3. The molecule has 6 heteroatoms. The molecule has 0 fully saturated rings. The van der Waals surface area contributed by atoms with Gasteiger partial charge in [0.05, 0.1) is 6.04 Å². The van der Waals surface area contributed by atoms with Gasteiger partial charge in [0, 0.05) is 17.2 Å². The van der Waals surface area contributed by atoms with Crippen LogP contribution in [0.3, 0.4) is 0 Å². The van der Waals surface area contributed by atoms with Crippen molar-refractivity contribution < 1.29 is 17.6 Å². The molecule has 1 amide bonds. The molecule has 2 rings (SSSR count). The topological polar surface area (TPSA) is 76.4 Å². The van der Waals surface area contributed by atoms with Crippen LogP contribution in [0.15, 0.2) is 28.7 Å². The highest BCUT2D eigenvalue weighted by atomic mass is 32.2. The second-order valence-corrected chi connectivity index (χ2v) is 8.66. The Balaban J connectivity index is 2.38. The Morgan fingerprint density at radius 2 is 1.78 bits per heavy atom. The summed E-state index contributed by atoms with van der Waals surface area (Å²) in [6.45, 7) is 7.27. The van der Waals surface area contributed by atoms with E-state index < -0.39 is 21.0 Å². The first-order valence-corrected chi connectivity index (χ1v) is 9.55. The fourth-order valence-corrected chi connectivity index (χ4v) is 2.95. The van der Waals surface area contributed by atoms with Gasteiger partial charge in [-0.25, -0.2) is 8.42 Å². The van der Waals surface area contributed by atoms with E-state index in [1.807, 2.05) is 45.0 Å². The van der Waals surface area contributed by atoms with Crippen molar-refractivity contribution >= 4 is 26.7 Å². The summed E-state index contributed by atoms with van der Waals surface area (Å²) < 4.78 is 29.1. The van der Waals surface area contributed by atoms with Gasteiger partial charge < -0.3 is 9.73 Å². The van der Waals surface area contributed by atoms with Crippen molar-refractivity contribution in [3.05, 3.63) is 35.6 Å². The monoisotopic (exact) mass is 337 g/mol. The van der Waals surface area contributed by atoms with Crippen molar-refractivity contribution in [3.63, 3.8) is 0 Å². The summed E-state index contributed by atoms with van der Waals surface area (Å²) in [5, 5.41) is 2.74. The van der Waals surface area contributed by atoms with Crippen molar-refractivity contribution in [3.8, 4) is 0 Å². The first-order valence-electron chi connectivity index (χ1n) is 7.60. The maximum Gasteiger partial charge on any atom is 0.238 e. The number of para-hydroxylation sites is 1. The average molecular weight is 337 g/mol. The molecule has 1 aromatic carbocycles. The summed E-state index contributed by atoms with van der Waals surface area (Å²) in [7, 11) is -3.43. The van der Waals surface area contributed by atoms with Crippen LogP contribution in [0.1, 0.15) is 38.1 Å². The summed E-state index contributed by atoms with van der Waals surface area (Å²) in [5.41, 5.74) is 1.72. The van der Waals surface area contributed by atoms with E-state index in [0.717, 1.165) is 22.8 Å². The predicted molar refractivity (Wildman–Crippen MR) is 91.0 cm³/mol. The number of furan rings is 1. The lowest BCUT2D eigenvalue weighted by Gasteiger charge is -2.22. The van der Waals surface area contributed by atoms with E-state index >= 15 is 0 Å². The third kappa shape index (κ3) is 3.58. The molecule has 0 aliphatic carbocycles. The highest BCUT2D eigenvalue weighted by Gasteiger charge is 2.30. The first-order chi connectivity index (χ1) is 10.6. The zero-order valence-corrected chi connectivity index (χ0v) is 14.9. The number of amides is 1. The van der Waals surface area contributed by atoms with Gasteiger partial charge >= 0.3 is 0 Å². The Labute approximate surface area is 137 Å². The van der Waals surface area contributed by atoms with Gasteiger partial charge in [0.25, 0.3) is 0 Å². The van der Waals surface area contributed by atoms with Crippen molar-refractivity contribution in [1.82, 2.24) is 5.32 Å². The van der Waals surface area contributed by atoms with Crippen molar-refractivity contribution in [2.24, 2.45) is 5.92 Å². The second kappa shape index (κ2) is 6.35. The summed E-state index contributed by atoms with van der Waals surface area (Å²) >= 11 is 0. The van der Waals surface area contributed by atoms with Crippen molar-refractivity contribution in [2.75, 3.05) is 6.26 Å². The smallest absolute Gasteiger partial charge is 0.238 e. The van der Waals surface area contributed by atoms with Crippen LogP contribution in [0.4, 0.5) is 0 Å². The van der Waals surface area contributed by atoms with Gasteiger partial charge in [-0.15, -0.1) is 0 Å². The van der Waals surface area contributed by atoms with Gasteiger partial charge in [-0.1, -0.05) is 32.0 Å². The third-order valence-electron chi connectivity index (χ3n) is 4.14. The van der Waals surface area contributed by atoms with Crippen LogP contribution in [0.2, 0.25) is 0 Å². The number of sulfone groups is 1. The quantitative estimate of drug-likeness (QED) is 0.910. The van der Waals surface area contributed by atoms with Crippen molar-refractivity contribution in [1.29, 1.82) is 0 Å². The maximum absolute atomic E-state index is 12.3. The molecule has 0 spiro atoms. The van der Waals surface area contributed by atoms with Crippen LogP contribution in [0.25, 0.3) is 11.0 Å². The predicted octanol–water partition coefficient (Wildman–Crippen LogP) is 2.99. The van der Waals surface area contributed by atoms with E-state index in [-0.39, 0.29) is 12.0 Å². The van der Waals surface area contributed by atoms with E-state index in [9.17, 15) is 13.2 Å². The highest BCUT2D eigenvalue weighted by Crippen LogP contribution is 2.32. The third-order valence-corrected chi connectivity index (χ3v) is 5.64. The lowest BCUT2D eigenvalue weighted by molar-refractivity contribution is -0.121. The summed E-state index contributed by atoms with van der Waals surface area (Å²) in [6.07, 6.45) is 1.06. The van der Waals surface area contributed by atoms with Crippen LogP contribution in [0.5, 0.6) is 0 Å². The van der Waals surface area contributed by atoms with E-state index in [2.05, 4.69) is 5.32 Å². The fourth-order valence-electron chi connectivity index (χ4n) is 2.49. The van der Waals surface area contributed by atoms with Gasteiger partial charge in [0.2, 0.25) is 5.91 Å². The summed E-state index contributed by atoms with van der Waals surface area (Å²) in [5.74, 6) is 0.228. The SMILES string of the molecule is Cc1c([C@@H](NC(=O)[C@H](C)S(C)(=O)=O)C(C)C)oc2ccccc12. The Kier molecular flexibility index (Phi) is 4.84. The number of aryl methyl sites for hydroxylation is 1. The van der Waals surface area contributed by atoms with E-state index in [0.29, 0.717) is 5.76 Å². The van der Waals surface area contributed by atoms with Gasteiger partial charge in [0.1, 0.15) is 16.6 Å². The minimum Gasteiger partial charge on any atom is -0.459 e. The van der Waals surface area contributed by atoms with Gasteiger partial charge in [-0.2, -0.15) is 0 Å². The van der Waals surface area contributed by atoms with Gasteiger partial charge in [-0.05, 0) is 25.8 Å². The number of hydrogen-bond donors (Lipinski definition) is 1. The van der Waals surface area contributed by atoms with E-state index in [1.165, 1.54) is 6.92 Å². The zero-order chi connectivity index (χ0) is 17.4. The number of carbonyl (C=O) groups is 1. The largest absolute Gasteiger partial charge is 0.459 e. The fraction of sp³-hybridized carbons (Fsp3) is 0.471. The van der Waals surface area contributed by atoms with Crippen LogP contribution >= 0.6 is 0 Å². The molecule has 0 bridgehead atoms. The standard InChI is InChI=1S/C17H23NO4S/c1-10(2)15(18-17(19)12(4)23(5,20)21)16-11(3)13-8-6-7-9-14(13)22-16/h6-10,12,15H,1-5H3,(H,18,19)/t12-,15-/m0/s1. The average Bonchev–Trinajstić information content (AvgIpc) is 2.80. The number of nitrogens with one attached hydrogen (secondary N) is 1. The van der Waals surface area contributed by atoms with E-state index in [1.54, 1.807) is 0 Å². The molecule has 126 valence electrons. The first kappa shape index (κ1) is 17.5.